The van der Waals surface area contributed by atoms with Gasteiger partial charge in [0.25, 0.3) is 0 Å². The predicted molar refractivity (Wildman–Crippen MR) is 137 cm³/mol. The van der Waals surface area contributed by atoms with Gasteiger partial charge in [0.05, 0.1) is 35.4 Å². The summed E-state index contributed by atoms with van der Waals surface area (Å²) in [5, 5.41) is 43.5. The summed E-state index contributed by atoms with van der Waals surface area (Å²) in [5.74, 6) is 2.16. The van der Waals surface area contributed by atoms with E-state index >= 15 is 0 Å². The number of aromatic nitrogens is 12. The number of rotatable bonds is 10. The van der Waals surface area contributed by atoms with Gasteiger partial charge in [0, 0.05) is 6.42 Å². The molecule has 14 nitrogen and oxygen atoms in total. The molecule has 38 heavy (non-hydrogen) atoms. The Morgan fingerprint density at radius 2 is 1.29 bits per heavy atom. The van der Waals surface area contributed by atoms with Crippen molar-refractivity contribution < 1.29 is 9.47 Å². The quantitative estimate of drug-likeness (QED) is 0.215. The zero-order valence-corrected chi connectivity index (χ0v) is 21.6. The number of hydrogen-bond acceptors (Lipinski definition) is 11. The molecular formula is C22H20Cl2N12O2. The van der Waals surface area contributed by atoms with Gasteiger partial charge in [0.1, 0.15) is 11.5 Å². The van der Waals surface area contributed by atoms with E-state index in [0.717, 1.165) is 23.1 Å². The average Bonchev–Trinajstić information content (AvgIpc) is 3.71. The van der Waals surface area contributed by atoms with Crippen LogP contribution < -0.4 is 9.47 Å². The molecule has 0 spiro atoms. The molecule has 2 aromatic carbocycles. The summed E-state index contributed by atoms with van der Waals surface area (Å²) in [7, 11) is 3.05. The van der Waals surface area contributed by atoms with Crippen molar-refractivity contribution in [3.8, 4) is 34.3 Å². The van der Waals surface area contributed by atoms with Gasteiger partial charge >= 0.3 is 0 Å². The molecule has 3 aromatic heterocycles. The van der Waals surface area contributed by atoms with Crippen LogP contribution in [0.3, 0.4) is 0 Å². The minimum absolute atomic E-state index is 0.335. The van der Waals surface area contributed by atoms with Crippen molar-refractivity contribution in [2.45, 2.75) is 19.3 Å². The molecule has 5 aromatic rings. The lowest BCUT2D eigenvalue weighted by Gasteiger charge is -2.16. The Hall–Kier alpha value is -4.43. The van der Waals surface area contributed by atoms with Crippen LogP contribution in [-0.2, 0) is 6.42 Å². The molecule has 0 aliphatic carbocycles. The van der Waals surface area contributed by atoms with E-state index in [1.807, 2.05) is 12.1 Å². The topological polar surface area (TPSA) is 182 Å². The van der Waals surface area contributed by atoms with Crippen LogP contribution in [0.4, 0.5) is 0 Å². The minimum atomic E-state index is 0.335. The van der Waals surface area contributed by atoms with E-state index in [4.69, 9.17) is 32.7 Å². The highest BCUT2D eigenvalue weighted by Crippen LogP contribution is 2.42. The molecule has 5 rings (SSSR count). The fourth-order valence-corrected chi connectivity index (χ4v) is 4.59. The number of halogens is 2. The van der Waals surface area contributed by atoms with E-state index < -0.39 is 0 Å². The summed E-state index contributed by atoms with van der Waals surface area (Å²) in [5.41, 5.74) is 3.52. The number of methoxy groups -OCH3 is 2. The largest absolute Gasteiger partial charge is 0.494 e. The first-order valence-electron chi connectivity index (χ1n) is 11.2. The Morgan fingerprint density at radius 3 is 1.74 bits per heavy atom. The Morgan fingerprint density at radius 1 is 0.763 bits per heavy atom. The van der Waals surface area contributed by atoms with Gasteiger partial charge in [-0.2, -0.15) is 15.6 Å². The molecule has 0 fully saturated rings. The highest BCUT2D eigenvalue weighted by atomic mass is 35.5. The Bertz CT molecular complexity index is 1440. The lowest BCUT2D eigenvalue weighted by atomic mass is 9.93. The fraction of sp³-hybridized carbons (Fsp3) is 0.227. The van der Waals surface area contributed by atoms with Gasteiger partial charge in [0.15, 0.2) is 5.82 Å². The Balaban J connectivity index is 1.63. The molecule has 0 radical (unpaired) electrons. The van der Waals surface area contributed by atoms with Crippen molar-refractivity contribution >= 4 is 28.8 Å². The molecule has 0 atom stereocenters. The van der Waals surface area contributed by atoms with Crippen molar-refractivity contribution in [2.75, 3.05) is 14.2 Å². The summed E-state index contributed by atoms with van der Waals surface area (Å²) in [6.07, 6.45) is 4.18. The summed E-state index contributed by atoms with van der Waals surface area (Å²) < 4.78 is 11.1. The van der Waals surface area contributed by atoms with Crippen molar-refractivity contribution in [3.05, 3.63) is 57.3 Å². The van der Waals surface area contributed by atoms with Crippen LogP contribution in [0.2, 0.25) is 10.0 Å². The first-order valence-corrected chi connectivity index (χ1v) is 12.0. The molecule has 0 amide bonds. The van der Waals surface area contributed by atoms with Crippen LogP contribution in [-0.4, -0.2) is 76.1 Å². The van der Waals surface area contributed by atoms with Crippen LogP contribution >= 0.6 is 23.2 Å². The maximum atomic E-state index is 6.66. The maximum Gasteiger partial charge on any atom is 0.208 e. The normalized spacial score (nSPS) is 10.9. The molecule has 0 aliphatic rings. The number of tetrazole rings is 3. The van der Waals surface area contributed by atoms with Crippen LogP contribution in [0.1, 0.15) is 29.8 Å². The molecule has 0 unspecified atom stereocenters. The lowest BCUT2D eigenvalue weighted by molar-refractivity contribution is 0.416. The number of nitrogens with one attached hydrogen (secondary N) is 3. The highest BCUT2D eigenvalue weighted by Gasteiger charge is 2.21. The second-order valence-corrected chi connectivity index (χ2v) is 8.70. The zero-order valence-electron chi connectivity index (χ0n) is 20.1. The first-order chi connectivity index (χ1) is 18.6. The van der Waals surface area contributed by atoms with Crippen LogP contribution in [0.5, 0.6) is 11.5 Å². The third kappa shape index (κ3) is 5.17. The van der Waals surface area contributed by atoms with Crippen molar-refractivity contribution in [2.24, 2.45) is 0 Å². The van der Waals surface area contributed by atoms with Crippen molar-refractivity contribution in [1.29, 1.82) is 0 Å². The molecule has 0 saturated heterocycles. The predicted octanol–water partition coefficient (Wildman–Crippen LogP) is 3.34. The highest BCUT2D eigenvalue weighted by molar-refractivity contribution is 6.33. The molecule has 3 N–H and O–H groups in total. The second-order valence-electron chi connectivity index (χ2n) is 7.89. The van der Waals surface area contributed by atoms with Crippen LogP contribution in [0, 0.1) is 0 Å². The molecule has 0 saturated carbocycles. The van der Waals surface area contributed by atoms with Crippen molar-refractivity contribution in [3.63, 3.8) is 0 Å². The smallest absolute Gasteiger partial charge is 0.208 e. The number of ether oxygens (including phenoxy) is 2. The fourth-order valence-electron chi connectivity index (χ4n) is 3.99. The van der Waals surface area contributed by atoms with Crippen LogP contribution in [0.15, 0.2) is 30.3 Å². The third-order valence-electron chi connectivity index (χ3n) is 5.63. The second kappa shape index (κ2) is 11.3. The molecule has 0 aliphatic heterocycles. The molecule has 0 bridgehead atoms. The monoisotopic (exact) mass is 554 g/mol. The van der Waals surface area contributed by atoms with E-state index in [0.29, 0.717) is 63.0 Å². The Kier molecular flexibility index (Phi) is 7.51. The van der Waals surface area contributed by atoms with E-state index in [1.54, 1.807) is 12.1 Å². The number of aryl methyl sites for hydroxylation is 1. The summed E-state index contributed by atoms with van der Waals surface area (Å²) in [6.45, 7) is 0. The molecule has 3 heterocycles. The molecular weight excluding hydrogens is 535 g/mol. The molecule has 16 heteroatoms. The standard InChI is InChI=1S/C22H20Cl2N12O2/c1-37-19-14(21-27-33-34-28-21)7-11(9-16(19)23)13(5-3-4-6-18-25-31-32-26-18)12-8-15(22-29-35-36-30-22)20(38-2)17(24)10-12/h5,7-10H,3-4,6H2,1-2H3,(H,25,26,31,32)(H,27,28,33,34)(H,29,30,35,36). The number of aromatic amines is 3. The van der Waals surface area contributed by atoms with Gasteiger partial charge in [-0.1, -0.05) is 34.5 Å². The minimum Gasteiger partial charge on any atom is -0.494 e. The van der Waals surface area contributed by atoms with E-state index in [1.165, 1.54) is 14.2 Å². The number of benzene rings is 2. The number of unbranched alkanes of at least 4 members (excludes halogenated alkanes) is 1. The summed E-state index contributed by atoms with van der Waals surface area (Å²) >= 11 is 13.3. The number of hydrogen-bond donors (Lipinski definition) is 3. The third-order valence-corrected chi connectivity index (χ3v) is 6.19. The van der Waals surface area contributed by atoms with E-state index in [-0.39, 0.29) is 0 Å². The summed E-state index contributed by atoms with van der Waals surface area (Å²) in [6, 6.07) is 7.38. The average molecular weight is 555 g/mol. The first kappa shape index (κ1) is 25.2. The van der Waals surface area contributed by atoms with Gasteiger partial charge in [-0.05, 0) is 64.2 Å². The van der Waals surface area contributed by atoms with Crippen LogP contribution in [0.25, 0.3) is 28.3 Å². The van der Waals surface area contributed by atoms with Gasteiger partial charge in [-0.25, -0.2) is 0 Å². The number of nitrogens with zero attached hydrogens (tertiary/aromatic N) is 9. The van der Waals surface area contributed by atoms with E-state index in [9.17, 15) is 0 Å². The summed E-state index contributed by atoms with van der Waals surface area (Å²) in [4.78, 5) is 0. The van der Waals surface area contributed by atoms with E-state index in [2.05, 4.69) is 67.9 Å². The maximum absolute atomic E-state index is 6.66. The lowest BCUT2D eigenvalue weighted by Crippen LogP contribution is -1.98. The number of allylic oxidation sites excluding steroid dienone is 1. The zero-order chi connectivity index (χ0) is 26.5. The Labute approximate surface area is 225 Å². The van der Waals surface area contributed by atoms with Gasteiger partial charge < -0.3 is 9.47 Å². The SMILES string of the molecule is COc1c(Cl)cc(C(=CCCCc2nn[nH]n2)c2cc(Cl)c(OC)c(-c3nn[nH]n3)c2)cc1-c1nn[nH]n1. The van der Waals surface area contributed by atoms with Gasteiger partial charge in [-0.3, -0.25) is 0 Å². The van der Waals surface area contributed by atoms with Gasteiger partial charge in [0.2, 0.25) is 11.6 Å². The van der Waals surface area contributed by atoms with Crippen molar-refractivity contribution in [1.82, 2.24) is 61.9 Å². The number of H-pyrrole nitrogens is 3. The van der Waals surface area contributed by atoms with Gasteiger partial charge in [-0.15, -0.1) is 30.6 Å². The molecule has 194 valence electrons.